The first-order valence-corrected chi connectivity index (χ1v) is 7.26. The molecule has 21 heavy (non-hydrogen) atoms. The number of phenolic OH excluding ortho intramolecular Hbond substituents is 1. The molecule has 1 aromatic heterocycles. The first-order chi connectivity index (χ1) is 10.1. The van der Waals surface area contributed by atoms with Crippen molar-refractivity contribution in [3.63, 3.8) is 0 Å². The number of aliphatic hydroxyl groups excluding tert-OH is 1. The Morgan fingerprint density at radius 2 is 2.14 bits per heavy atom. The molecule has 1 aromatic carbocycles. The smallest absolute Gasteiger partial charge is 0.336 e. The number of phenols is 1. The van der Waals surface area contributed by atoms with Gasteiger partial charge in [-0.15, -0.1) is 0 Å². The minimum atomic E-state index is -0.416. The van der Waals surface area contributed by atoms with Crippen LogP contribution in [0.1, 0.15) is 24.5 Å². The van der Waals surface area contributed by atoms with Crippen LogP contribution in [0.5, 0.6) is 5.75 Å². The molecule has 0 spiro atoms. The Bertz CT molecular complexity index is 722. The molecule has 0 saturated carbocycles. The van der Waals surface area contributed by atoms with Gasteiger partial charge in [0, 0.05) is 37.2 Å². The molecule has 0 amide bonds. The Kier molecular flexibility index (Phi) is 3.69. The third-order valence-corrected chi connectivity index (χ3v) is 4.05. The molecule has 2 aromatic rings. The molecule has 1 fully saturated rings. The second-order valence-corrected chi connectivity index (χ2v) is 5.60. The number of hydrogen-bond donors (Lipinski definition) is 2. The largest absolute Gasteiger partial charge is 0.508 e. The van der Waals surface area contributed by atoms with Crippen molar-refractivity contribution in [2.75, 3.05) is 13.1 Å². The SMILES string of the molecule is CCc1cc2c(CN3CC[C@H](O)C3)cc(=O)oc2cc1O. The topological polar surface area (TPSA) is 73.9 Å². The van der Waals surface area contributed by atoms with Crippen LogP contribution in [0, 0.1) is 0 Å². The van der Waals surface area contributed by atoms with Crippen molar-refractivity contribution >= 4 is 11.0 Å². The molecule has 2 heterocycles. The third-order valence-electron chi connectivity index (χ3n) is 4.05. The van der Waals surface area contributed by atoms with E-state index in [4.69, 9.17) is 4.42 Å². The number of hydrogen-bond acceptors (Lipinski definition) is 5. The maximum Gasteiger partial charge on any atom is 0.336 e. The molecule has 1 aliphatic heterocycles. The minimum absolute atomic E-state index is 0.155. The summed E-state index contributed by atoms with van der Waals surface area (Å²) in [5.41, 5.74) is 1.71. The summed E-state index contributed by atoms with van der Waals surface area (Å²) in [4.78, 5) is 13.8. The number of β-amino-alcohol motifs (C(OH)–C–C–N with tert-alkyl or cyclic N) is 1. The van der Waals surface area contributed by atoms with Gasteiger partial charge >= 0.3 is 5.63 Å². The number of fused-ring (bicyclic) bond motifs is 1. The highest BCUT2D eigenvalue weighted by molar-refractivity contribution is 5.82. The number of aliphatic hydroxyl groups is 1. The Balaban J connectivity index is 2.05. The summed E-state index contributed by atoms with van der Waals surface area (Å²) < 4.78 is 5.18. The Morgan fingerprint density at radius 1 is 1.33 bits per heavy atom. The van der Waals surface area contributed by atoms with Crippen molar-refractivity contribution in [3.8, 4) is 5.75 Å². The number of aryl methyl sites for hydroxylation is 1. The summed E-state index contributed by atoms with van der Waals surface area (Å²) in [6.07, 6.45) is 1.19. The zero-order chi connectivity index (χ0) is 15.0. The van der Waals surface area contributed by atoms with E-state index >= 15 is 0 Å². The van der Waals surface area contributed by atoms with Gasteiger partial charge in [-0.3, -0.25) is 4.90 Å². The second kappa shape index (κ2) is 5.50. The average Bonchev–Trinajstić information content (AvgIpc) is 2.83. The highest BCUT2D eigenvalue weighted by atomic mass is 16.4. The van der Waals surface area contributed by atoms with Crippen LogP contribution in [-0.2, 0) is 13.0 Å². The quantitative estimate of drug-likeness (QED) is 0.840. The van der Waals surface area contributed by atoms with Crippen LogP contribution in [0.15, 0.2) is 27.4 Å². The van der Waals surface area contributed by atoms with Crippen LogP contribution in [0.3, 0.4) is 0 Å². The summed E-state index contributed by atoms with van der Waals surface area (Å²) in [7, 11) is 0. The van der Waals surface area contributed by atoms with Gasteiger partial charge in [0.1, 0.15) is 11.3 Å². The van der Waals surface area contributed by atoms with Gasteiger partial charge in [-0.2, -0.15) is 0 Å². The molecule has 112 valence electrons. The zero-order valence-electron chi connectivity index (χ0n) is 12.0. The highest BCUT2D eigenvalue weighted by Gasteiger charge is 2.21. The van der Waals surface area contributed by atoms with Crippen LogP contribution in [0.2, 0.25) is 0 Å². The lowest BCUT2D eigenvalue weighted by molar-refractivity contribution is 0.175. The van der Waals surface area contributed by atoms with Gasteiger partial charge in [0.15, 0.2) is 0 Å². The molecule has 0 unspecified atom stereocenters. The molecule has 5 nitrogen and oxygen atoms in total. The Hall–Kier alpha value is -1.85. The van der Waals surface area contributed by atoms with Crippen LogP contribution in [-0.4, -0.2) is 34.3 Å². The van der Waals surface area contributed by atoms with Gasteiger partial charge in [-0.25, -0.2) is 4.79 Å². The van der Waals surface area contributed by atoms with E-state index in [-0.39, 0.29) is 11.9 Å². The normalized spacial score (nSPS) is 19.4. The fourth-order valence-electron chi connectivity index (χ4n) is 2.92. The molecule has 0 radical (unpaired) electrons. The van der Waals surface area contributed by atoms with E-state index in [1.165, 1.54) is 12.1 Å². The fraction of sp³-hybridized carbons (Fsp3) is 0.438. The van der Waals surface area contributed by atoms with Crippen LogP contribution < -0.4 is 5.63 Å². The summed E-state index contributed by atoms with van der Waals surface area (Å²) in [5.74, 6) is 0.155. The van der Waals surface area contributed by atoms with E-state index in [0.29, 0.717) is 25.1 Å². The second-order valence-electron chi connectivity index (χ2n) is 5.60. The van der Waals surface area contributed by atoms with E-state index in [0.717, 1.165) is 29.5 Å². The molecular formula is C16H19NO4. The molecule has 2 N–H and O–H groups in total. The molecule has 1 saturated heterocycles. The van der Waals surface area contributed by atoms with Gasteiger partial charge in [0.05, 0.1) is 6.10 Å². The lowest BCUT2D eigenvalue weighted by atomic mass is 10.0. The molecule has 5 heteroatoms. The predicted octanol–water partition coefficient (Wildman–Crippen LogP) is 1.63. The van der Waals surface area contributed by atoms with E-state index in [9.17, 15) is 15.0 Å². The Labute approximate surface area is 122 Å². The number of rotatable bonds is 3. The maximum atomic E-state index is 11.7. The monoisotopic (exact) mass is 289 g/mol. The van der Waals surface area contributed by atoms with Crippen LogP contribution in [0.25, 0.3) is 11.0 Å². The first-order valence-electron chi connectivity index (χ1n) is 7.26. The summed E-state index contributed by atoms with van der Waals surface area (Å²) in [6, 6.07) is 4.90. The number of benzene rings is 1. The maximum absolute atomic E-state index is 11.7. The van der Waals surface area contributed by atoms with E-state index < -0.39 is 5.63 Å². The molecule has 1 atom stereocenters. The standard InChI is InChI=1S/C16H19NO4/c1-2-10-5-13-11(8-17-4-3-12(18)9-17)6-16(20)21-15(13)7-14(10)19/h5-7,12,18-19H,2-4,8-9H2,1H3/t12-/m0/s1. The minimum Gasteiger partial charge on any atom is -0.508 e. The van der Waals surface area contributed by atoms with Gasteiger partial charge < -0.3 is 14.6 Å². The van der Waals surface area contributed by atoms with Gasteiger partial charge in [0.2, 0.25) is 0 Å². The summed E-state index contributed by atoms with van der Waals surface area (Å²) in [6.45, 7) is 4.02. The number of aromatic hydroxyl groups is 1. The average molecular weight is 289 g/mol. The highest BCUT2D eigenvalue weighted by Crippen LogP contribution is 2.28. The van der Waals surface area contributed by atoms with Crippen molar-refractivity contribution < 1.29 is 14.6 Å². The summed E-state index contributed by atoms with van der Waals surface area (Å²) >= 11 is 0. The van der Waals surface area contributed by atoms with Gasteiger partial charge in [-0.05, 0) is 30.0 Å². The molecule has 0 bridgehead atoms. The molecule has 3 rings (SSSR count). The van der Waals surface area contributed by atoms with E-state index in [2.05, 4.69) is 4.90 Å². The molecule has 0 aliphatic carbocycles. The van der Waals surface area contributed by atoms with Crippen molar-refractivity contribution in [2.45, 2.75) is 32.4 Å². The van der Waals surface area contributed by atoms with Crippen LogP contribution >= 0.6 is 0 Å². The summed E-state index contributed by atoms with van der Waals surface area (Å²) in [5, 5.41) is 20.4. The van der Waals surface area contributed by atoms with Crippen molar-refractivity contribution in [3.05, 3.63) is 39.7 Å². The van der Waals surface area contributed by atoms with Gasteiger partial charge in [0.25, 0.3) is 0 Å². The van der Waals surface area contributed by atoms with E-state index in [1.54, 1.807) is 0 Å². The number of likely N-dealkylation sites (tertiary alicyclic amines) is 1. The number of nitrogens with zero attached hydrogens (tertiary/aromatic N) is 1. The first kappa shape index (κ1) is 14.1. The van der Waals surface area contributed by atoms with E-state index in [1.807, 2.05) is 13.0 Å². The van der Waals surface area contributed by atoms with Crippen molar-refractivity contribution in [2.24, 2.45) is 0 Å². The lowest BCUT2D eigenvalue weighted by Gasteiger charge is -2.16. The van der Waals surface area contributed by atoms with Crippen LogP contribution in [0.4, 0.5) is 0 Å². The van der Waals surface area contributed by atoms with Crippen molar-refractivity contribution in [1.82, 2.24) is 4.90 Å². The predicted molar refractivity (Wildman–Crippen MR) is 79.4 cm³/mol. The third kappa shape index (κ3) is 2.80. The molecular weight excluding hydrogens is 270 g/mol. The fourth-order valence-corrected chi connectivity index (χ4v) is 2.92. The lowest BCUT2D eigenvalue weighted by Crippen LogP contribution is -2.22. The zero-order valence-corrected chi connectivity index (χ0v) is 12.0. The van der Waals surface area contributed by atoms with Gasteiger partial charge in [-0.1, -0.05) is 6.92 Å². The van der Waals surface area contributed by atoms with Crippen molar-refractivity contribution in [1.29, 1.82) is 0 Å². The Morgan fingerprint density at radius 3 is 2.81 bits per heavy atom. The molecule has 1 aliphatic rings.